The minimum atomic E-state index is -0.0463. The first kappa shape index (κ1) is 19.7. The van der Waals surface area contributed by atoms with Crippen molar-refractivity contribution in [2.45, 2.75) is 12.8 Å². The van der Waals surface area contributed by atoms with Crippen LogP contribution in [0.15, 0.2) is 24.3 Å². The second-order valence-electron chi connectivity index (χ2n) is 4.77. The molecule has 0 N–H and O–H groups in total. The van der Waals surface area contributed by atoms with E-state index in [1.54, 1.807) is 12.0 Å². The molecule has 24 heavy (non-hydrogen) atoms. The first-order valence-electron chi connectivity index (χ1n) is 7.57. The number of carbonyl (C=O) groups excluding carboxylic acids is 1. The number of hydrogen-bond donors (Lipinski definition) is 0. The van der Waals surface area contributed by atoms with E-state index in [1.807, 2.05) is 36.4 Å². The maximum atomic E-state index is 12.1. The number of hydrogen-bond acceptors (Lipinski definition) is 6. The summed E-state index contributed by atoms with van der Waals surface area (Å²) in [6.45, 7) is 1.25. The fourth-order valence-corrected chi connectivity index (χ4v) is 2.57. The third-order valence-corrected chi connectivity index (χ3v) is 4.03. The van der Waals surface area contributed by atoms with E-state index >= 15 is 0 Å². The van der Waals surface area contributed by atoms with Crippen LogP contribution in [0.25, 0.3) is 0 Å². The highest BCUT2D eigenvalue weighted by Gasteiger charge is 2.12. The third-order valence-electron chi connectivity index (χ3n) is 3.12. The molecule has 0 aliphatic rings. The molecule has 0 unspecified atom stereocenters. The van der Waals surface area contributed by atoms with Crippen molar-refractivity contribution < 1.29 is 14.3 Å². The second-order valence-corrected chi connectivity index (χ2v) is 5.88. The Morgan fingerprint density at radius 2 is 1.71 bits per heavy atom. The van der Waals surface area contributed by atoms with Crippen LogP contribution in [0.4, 0.5) is 0 Å². The molecular weight excluding hydrogens is 326 g/mol. The number of methoxy groups -OCH3 is 1. The summed E-state index contributed by atoms with van der Waals surface area (Å²) in [4.78, 5) is 13.7. The Kier molecular flexibility index (Phi) is 9.91. The third kappa shape index (κ3) is 7.75. The second kappa shape index (κ2) is 12.1. The van der Waals surface area contributed by atoms with Gasteiger partial charge in [0, 0.05) is 18.8 Å². The average molecular weight is 347 g/mol. The standard InChI is InChI=1S/C17H21N3O3S/c1-22-15-4-6-16(7-5-15)23-12-13-24-14-17(21)20(10-2-8-18)11-3-9-19/h4-7H,2-3,10-14H2,1H3. The first-order valence-corrected chi connectivity index (χ1v) is 8.73. The molecule has 1 aromatic rings. The summed E-state index contributed by atoms with van der Waals surface area (Å²) in [5.74, 6) is 2.49. The van der Waals surface area contributed by atoms with Gasteiger partial charge < -0.3 is 14.4 Å². The van der Waals surface area contributed by atoms with E-state index in [9.17, 15) is 4.79 Å². The van der Waals surface area contributed by atoms with Crippen LogP contribution >= 0.6 is 11.8 Å². The van der Waals surface area contributed by atoms with Crippen molar-refractivity contribution in [1.29, 1.82) is 10.5 Å². The van der Waals surface area contributed by atoms with Gasteiger partial charge in [-0.05, 0) is 24.3 Å². The predicted molar refractivity (Wildman–Crippen MR) is 92.9 cm³/mol. The average Bonchev–Trinajstić information content (AvgIpc) is 2.62. The van der Waals surface area contributed by atoms with Gasteiger partial charge in [0.2, 0.25) is 5.91 Å². The molecule has 0 saturated carbocycles. The summed E-state index contributed by atoms with van der Waals surface area (Å²) < 4.78 is 10.7. The van der Waals surface area contributed by atoms with Gasteiger partial charge in [0.25, 0.3) is 0 Å². The Balaban J connectivity index is 2.25. The molecule has 0 atom stereocenters. The largest absolute Gasteiger partial charge is 0.497 e. The molecule has 1 amide bonds. The van der Waals surface area contributed by atoms with Crippen LogP contribution in [-0.2, 0) is 4.79 Å². The molecule has 0 heterocycles. The van der Waals surface area contributed by atoms with Crippen molar-refractivity contribution in [1.82, 2.24) is 4.90 Å². The Morgan fingerprint density at radius 1 is 1.12 bits per heavy atom. The van der Waals surface area contributed by atoms with Crippen LogP contribution < -0.4 is 9.47 Å². The Morgan fingerprint density at radius 3 is 2.25 bits per heavy atom. The smallest absolute Gasteiger partial charge is 0.232 e. The van der Waals surface area contributed by atoms with E-state index in [4.69, 9.17) is 20.0 Å². The normalized spacial score (nSPS) is 9.62. The summed E-state index contributed by atoms with van der Waals surface area (Å²) in [6.07, 6.45) is 0.560. The monoisotopic (exact) mass is 347 g/mol. The van der Waals surface area contributed by atoms with E-state index in [1.165, 1.54) is 11.8 Å². The summed E-state index contributed by atoms with van der Waals surface area (Å²) in [6, 6.07) is 11.4. The molecule has 1 aromatic carbocycles. The molecule has 0 aliphatic heterocycles. The zero-order valence-electron chi connectivity index (χ0n) is 13.7. The lowest BCUT2D eigenvalue weighted by atomic mass is 10.3. The van der Waals surface area contributed by atoms with Gasteiger partial charge >= 0.3 is 0 Å². The molecule has 7 heteroatoms. The Bertz CT molecular complexity index is 560. The maximum Gasteiger partial charge on any atom is 0.232 e. The van der Waals surface area contributed by atoms with Gasteiger partial charge in [-0.3, -0.25) is 4.79 Å². The van der Waals surface area contributed by atoms with Crippen molar-refractivity contribution in [3.63, 3.8) is 0 Å². The fraction of sp³-hybridized carbons (Fsp3) is 0.471. The van der Waals surface area contributed by atoms with Gasteiger partial charge in [-0.25, -0.2) is 0 Å². The molecule has 0 radical (unpaired) electrons. The number of nitriles is 2. The number of ether oxygens (including phenoxy) is 2. The van der Waals surface area contributed by atoms with E-state index in [-0.39, 0.29) is 18.7 Å². The lowest BCUT2D eigenvalue weighted by Crippen LogP contribution is -2.34. The summed E-state index contributed by atoms with van der Waals surface area (Å²) in [5.41, 5.74) is 0. The number of carbonyl (C=O) groups is 1. The Hall–Kier alpha value is -2.38. The molecule has 128 valence electrons. The van der Waals surface area contributed by atoms with Crippen molar-refractivity contribution in [3.05, 3.63) is 24.3 Å². The van der Waals surface area contributed by atoms with Crippen molar-refractivity contribution in [3.8, 4) is 23.6 Å². The SMILES string of the molecule is COc1ccc(OCCSCC(=O)N(CCC#N)CCC#N)cc1. The van der Waals surface area contributed by atoms with E-state index in [0.29, 0.717) is 31.2 Å². The number of nitrogens with zero attached hydrogens (tertiary/aromatic N) is 3. The summed E-state index contributed by atoms with van der Waals surface area (Å²) >= 11 is 1.48. The quantitative estimate of drug-likeness (QED) is 0.572. The maximum absolute atomic E-state index is 12.1. The van der Waals surface area contributed by atoms with Gasteiger partial charge in [0.1, 0.15) is 11.5 Å². The highest BCUT2D eigenvalue weighted by Crippen LogP contribution is 2.17. The Labute approximate surface area is 147 Å². The molecule has 0 saturated heterocycles. The van der Waals surface area contributed by atoms with Crippen molar-refractivity contribution in [2.75, 3.05) is 38.3 Å². The van der Waals surface area contributed by atoms with Crippen LogP contribution in [0.1, 0.15) is 12.8 Å². The van der Waals surface area contributed by atoms with Crippen LogP contribution in [-0.4, -0.2) is 49.1 Å². The summed E-state index contributed by atoms with van der Waals surface area (Å²) in [5, 5.41) is 17.3. The number of amides is 1. The van der Waals surface area contributed by atoms with E-state index < -0.39 is 0 Å². The fourth-order valence-electron chi connectivity index (χ4n) is 1.87. The molecule has 1 rings (SSSR count). The summed E-state index contributed by atoms with van der Waals surface area (Å²) in [7, 11) is 1.61. The number of thioether (sulfide) groups is 1. The van der Waals surface area contributed by atoms with E-state index in [2.05, 4.69) is 0 Å². The van der Waals surface area contributed by atoms with Crippen molar-refractivity contribution >= 4 is 17.7 Å². The van der Waals surface area contributed by atoms with Gasteiger partial charge in [-0.2, -0.15) is 10.5 Å². The molecule has 0 aliphatic carbocycles. The number of rotatable bonds is 11. The van der Waals surface area contributed by atoms with Gasteiger partial charge in [0.05, 0.1) is 44.4 Å². The topological polar surface area (TPSA) is 86.3 Å². The lowest BCUT2D eigenvalue weighted by Gasteiger charge is -2.20. The van der Waals surface area contributed by atoms with Crippen LogP contribution in [0.5, 0.6) is 11.5 Å². The molecule has 0 fully saturated rings. The molecular formula is C17H21N3O3S. The van der Waals surface area contributed by atoms with Crippen LogP contribution in [0.2, 0.25) is 0 Å². The minimum Gasteiger partial charge on any atom is -0.497 e. The molecule has 0 bridgehead atoms. The van der Waals surface area contributed by atoms with Crippen LogP contribution in [0, 0.1) is 22.7 Å². The van der Waals surface area contributed by atoms with Gasteiger partial charge in [-0.15, -0.1) is 11.8 Å². The zero-order valence-corrected chi connectivity index (χ0v) is 14.6. The predicted octanol–water partition coefficient (Wildman–Crippen LogP) is 2.46. The first-order chi connectivity index (χ1) is 11.7. The zero-order chi connectivity index (χ0) is 17.6. The molecule has 6 nitrogen and oxygen atoms in total. The highest BCUT2D eigenvalue weighted by molar-refractivity contribution is 7.99. The lowest BCUT2D eigenvalue weighted by molar-refractivity contribution is -0.128. The molecule has 0 aromatic heterocycles. The molecule has 0 spiro atoms. The minimum absolute atomic E-state index is 0.0463. The van der Waals surface area contributed by atoms with Crippen LogP contribution in [0.3, 0.4) is 0 Å². The number of benzene rings is 1. The highest BCUT2D eigenvalue weighted by atomic mass is 32.2. The van der Waals surface area contributed by atoms with Gasteiger partial charge in [0.15, 0.2) is 0 Å². The van der Waals surface area contributed by atoms with E-state index in [0.717, 1.165) is 11.5 Å². The van der Waals surface area contributed by atoms with Crippen molar-refractivity contribution in [2.24, 2.45) is 0 Å². The van der Waals surface area contributed by atoms with Gasteiger partial charge in [-0.1, -0.05) is 0 Å².